The van der Waals surface area contributed by atoms with Crippen LogP contribution in [0.1, 0.15) is 24.2 Å². The number of nitrogens with zero attached hydrogens (tertiary/aromatic N) is 3. The average molecular weight is 360 g/mol. The van der Waals surface area contributed by atoms with Crippen LogP contribution in [-0.2, 0) is 16.0 Å². The number of benzene rings is 1. The number of hydrogen-bond acceptors (Lipinski definition) is 5. The fraction of sp³-hybridized carbons (Fsp3) is 0.412. The molecule has 132 valence electrons. The third-order valence-corrected chi connectivity index (χ3v) is 5.22. The molecule has 0 spiro atoms. The zero-order valence-electron chi connectivity index (χ0n) is 13.9. The lowest BCUT2D eigenvalue weighted by Gasteiger charge is -2.16. The second-order valence-corrected chi connectivity index (χ2v) is 6.91. The van der Waals surface area contributed by atoms with Gasteiger partial charge in [-0.25, -0.2) is 4.98 Å². The van der Waals surface area contributed by atoms with Gasteiger partial charge >= 0.3 is 5.97 Å². The first-order valence-electron chi connectivity index (χ1n) is 8.18. The van der Waals surface area contributed by atoms with Crippen molar-refractivity contribution in [2.24, 2.45) is 5.92 Å². The molecular formula is C17H20N4O3S. The van der Waals surface area contributed by atoms with Crippen molar-refractivity contribution in [3.63, 3.8) is 0 Å². The van der Waals surface area contributed by atoms with Gasteiger partial charge in [0, 0.05) is 25.4 Å². The summed E-state index contributed by atoms with van der Waals surface area (Å²) < 4.78 is 0. The number of carbonyl (C=O) groups excluding carboxylic acids is 1. The summed E-state index contributed by atoms with van der Waals surface area (Å²) in [6, 6.07) is 9.52. The molecule has 0 unspecified atom stereocenters. The monoisotopic (exact) mass is 360 g/mol. The van der Waals surface area contributed by atoms with E-state index in [1.54, 1.807) is 4.90 Å². The number of thioether (sulfide) groups is 1. The summed E-state index contributed by atoms with van der Waals surface area (Å²) in [6.07, 6.45) is 0.757. The van der Waals surface area contributed by atoms with E-state index in [-0.39, 0.29) is 24.1 Å². The Labute approximate surface area is 149 Å². The van der Waals surface area contributed by atoms with Crippen LogP contribution in [0.3, 0.4) is 0 Å². The molecule has 1 aliphatic heterocycles. The van der Waals surface area contributed by atoms with Crippen molar-refractivity contribution in [3.05, 3.63) is 41.7 Å². The van der Waals surface area contributed by atoms with E-state index in [9.17, 15) is 14.7 Å². The molecule has 1 saturated heterocycles. The Kier molecular flexibility index (Phi) is 5.37. The number of H-pyrrole nitrogens is 1. The first-order chi connectivity index (χ1) is 12.1. The Hall–Kier alpha value is -2.35. The third-order valence-electron chi connectivity index (χ3n) is 4.39. The predicted octanol–water partition coefficient (Wildman–Crippen LogP) is 1.79. The summed E-state index contributed by atoms with van der Waals surface area (Å²) in [6.45, 7) is 2.64. The molecule has 2 aromatic rings. The Morgan fingerprint density at radius 1 is 1.32 bits per heavy atom. The standard InChI is InChI=1S/C17H20N4O3S/c1-2-14-18-17(20-19-14)25-10-15(22)21-8-12(13(9-21)16(23)24)11-6-4-3-5-7-11/h3-7,12-13H,2,8-10H2,1H3,(H,23,24)(H,18,19,20)/t12-,13+/m0/s1. The number of carboxylic acids is 1. The number of aliphatic carboxylic acids is 1. The molecule has 1 aromatic heterocycles. The van der Waals surface area contributed by atoms with Crippen LogP contribution >= 0.6 is 11.8 Å². The number of rotatable bonds is 6. The summed E-state index contributed by atoms with van der Waals surface area (Å²) in [5.41, 5.74) is 0.958. The van der Waals surface area contributed by atoms with E-state index >= 15 is 0 Å². The van der Waals surface area contributed by atoms with Gasteiger partial charge in [-0.2, -0.15) is 0 Å². The Balaban J connectivity index is 1.64. The zero-order chi connectivity index (χ0) is 17.8. The number of hydrogen-bond donors (Lipinski definition) is 2. The van der Waals surface area contributed by atoms with Crippen LogP contribution in [0, 0.1) is 5.92 Å². The highest BCUT2D eigenvalue weighted by molar-refractivity contribution is 7.99. The van der Waals surface area contributed by atoms with E-state index in [2.05, 4.69) is 15.2 Å². The van der Waals surface area contributed by atoms with Gasteiger partial charge in [-0.15, -0.1) is 5.10 Å². The molecule has 25 heavy (non-hydrogen) atoms. The quantitative estimate of drug-likeness (QED) is 0.762. The number of likely N-dealkylation sites (tertiary alicyclic amines) is 1. The van der Waals surface area contributed by atoms with Crippen molar-refractivity contribution < 1.29 is 14.7 Å². The summed E-state index contributed by atoms with van der Waals surface area (Å²) >= 11 is 1.27. The van der Waals surface area contributed by atoms with Crippen LogP contribution in [0.5, 0.6) is 0 Å². The Morgan fingerprint density at radius 3 is 2.72 bits per heavy atom. The molecule has 2 heterocycles. The SMILES string of the molecule is CCc1nc(SCC(=O)N2C[C@@H](C(=O)O)[C@H](c3ccccc3)C2)n[nH]1. The fourth-order valence-corrected chi connectivity index (χ4v) is 3.73. The zero-order valence-corrected chi connectivity index (χ0v) is 14.7. The first-order valence-corrected chi connectivity index (χ1v) is 9.16. The van der Waals surface area contributed by atoms with Crippen molar-refractivity contribution >= 4 is 23.6 Å². The second kappa shape index (κ2) is 7.69. The Morgan fingerprint density at radius 2 is 2.08 bits per heavy atom. The maximum absolute atomic E-state index is 12.5. The minimum absolute atomic E-state index is 0.0856. The predicted molar refractivity (Wildman–Crippen MR) is 93.4 cm³/mol. The molecule has 3 rings (SSSR count). The molecule has 2 atom stereocenters. The average Bonchev–Trinajstić information content (AvgIpc) is 3.27. The topological polar surface area (TPSA) is 99.2 Å². The molecule has 1 amide bonds. The molecule has 0 aliphatic carbocycles. The number of amides is 1. The summed E-state index contributed by atoms with van der Waals surface area (Å²) in [7, 11) is 0. The third kappa shape index (κ3) is 4.01. The molecule has 1 aromatic carbocycles. The highest BCUT2D eigenvalue weighted by Gasteiger charge is 2.40. The lowest BCUT2D eigenvalue weighted by Crippen LogP contribution is -2.31. The van der Waals surface area contributed by atoms with Gasteiger partial charge in [0.1, 0.15) is 5.82 Å². The minimum atomic E-state index is -0.863. The summed E-state index contributed by atoms with van der Waals surface area (Å²) in [5.74, 6) is -0.717. The first kappa shape index (κ1) is 17.5. The van der Waals surface area contributed by atoms with E-state index in [1.165, 1.54) is 11.8 Å². The summed E-state index contributed by atoms with van der Waals surface area (Å²) in [4.78, 5) is 30.0. The van der Waals surface area contributed by atoms with E-state index in [1.807, 2.05) is 37.3 Å². The van der Waals surface area contributed by atoms with Crippen molar-refractivity contribution in [2.75, 3.05) is 18.8 Å². The van der Waals surface area contributed by atoms with Gasteiger partial charge in [-0.3, -0.25) is 14.7 Å². The maximum Gasteiger partial charge on any atom is 0.308 e. The number of aromatic amines is 1. The molecule has 0 saturated carbocycles. The smallest absolute Gasteiger partial charge is 0.308 e. The maximum atomic E-state index is 12.5. The molecular weight excluding hydrogens is 340 g/mol. The highest BCUT2D eigenvalue weighted by Crippen LogP contribution is 2.33. The van der Waals surface area contributed by atoms with Gasteiger partial charge in [-0.1, -0.05) is 49.0 Å². The fourth-order valence-electron chi connectivity index (χ4n) is 3.01. The van der Waals surface area contributed by atoms with E-state index in [0.717, 1.165) is 17.8 Å². The molecule has 8 heteroatoms. The van der Waals surface area contributed by atoms with Crippen molar-refractivity contribution in [2.45, 2.75) is 24.4 Å². The van der Waals surface area contributed by atoms with E-state index < -0.39 is 11.9 Å². The number of carbonyl (C=O) groups is 2. The van der Waals surface area contributed by atoms with Gasteiger partial charge in [-0.05, 0) is 5.56 Å². The number of aromatic nitrogens is 3. The van der Waals surface area contributed by atoms with Crippen LogP contribution in [-0.4, -0.2) is 55.9 Å². The molecule has 2 N–H and O–H groups in total. The molecule has 1 fully saturated rings. The van der Waals surface area contributed by atoms with E-state index in [0.29, 0.717) is 11.7 Å². The van der Waals surface area contributed by atoms with Crippen molar-refractivity contribution in [3.8, 4) is 0 Å². The van der Waals surface area contributed by atoms with Gasteiger partial charge in [0.2, 0.25) is 11.1 Å². The lowest BCUT2D eigenvalue weighted by molar-refractivity contribution is -0.141. The second-order valence-electron chi connectivity index (χ2n) is 5.97. The molecule has 0 radical (unpaired) electrons. The van der Waals surface area contributed by atoms with Crippen molar-refractivity contribution in [1.29, 1.82) is 0 Å². The Bertz CT molecular complexity index is 749. The largest absolute Gasteiger partial charge is 0.481 e. The van der Waals surface area contributed by atoms with E-state index in [4.69, 9.17) is 0 Å². The highest BCUT2D eigenvalue weighted by atomic mass is 32.2. The number of carboxylic acid groups (broad SMARTS) is 1. The number of nitrogens with one attached hydrogen (secondary N) is 1. The van der Waals surface area contributed by atoms with Crippen LogP contribution in [0.25, 0.3) is 0 Å². The normalized spacial score (nSPS) is 20.0. The van der Waals surface area contributed by atoms with Gasteiger partial charge in [0.15, 0.2) is 0 Å². The van der Waals surface area contributed by atoms with Crippen molar-refractivity contribution in [1.82, 2.24) is 20.1 Å². The van der Waals surface area contributed by atoms with Crippen LogP contribution in [0.15, 0.2) is 35.5 Å². The van der Waals surface area contributed by atoms with Crippen LogP contribution < -0.4 is 0 Å². The van der Waals surface area contributed by atoms with Gasteiger partial charge in [0.05, 0.1) is 11.7 Å². The van der Waals surface area contributed by atoms with Crippen LogP contribution in [0.4, 0.5) is 0 Å². The molecule has 7 nitrogen and oxygen atoms in total. The van der Waals surface area contributed by atoms with Gasteiger partial charge in [0.25, 0.3) is 0 Å². The summed E-state index contributed by atoms with van der Waals surface area (Å²) in [5, 5.41) is 16.9. The van der Waals surface area contributed by atoms with Crippen LogP contribution in [0.2, 0.25) is 0 Å². The number of aryl methyl sites for hydroxylation is 1. The lowest BCUT2D eigenvalue weighted by atomic mass is 9.89. The molecule has 0 bridgehead atoms. The molecule has 1 aliphatic rings. The minimum Gasteiger partial charge on any atom is -0.481 e. The van der Waals surface area contributed by atoms with Gasteiger partial charge < -0.3 is 10.0 Å².